The molecule has 26 heavy (non-hydrogen) atoms. The minimum atomic E-state index is -0.150. The van der Waals surface area contributed by atoms with Crippen molar-refractivity contribution in [1.82, 2.24) is 4.98 Å². The number of methoxy groups -OCH3 is 1. The Kier molecular flexibility index (Phi) is 7.89. The zero-order valence-electron chi connectivity index (χ0n) is 15.8. The second kappa shape index (κ2) is 10.4. The van der Waals surface area contributed by atoms with E-state index in [-0.39, 0.29) is 5.91 Å². The number of pyridine rings is 1. The van der Waals surface area contributed by atoms with Crippen LogP contribution in [0.4, 0.5) is 17.2 Å². The maximum Gasteiger partial charge on any atom is 0.255 e. The summed E-state index contributed by atoms with van der Waals surface area (Å²) in [5.74, 6) is 0.536. The largest absolute Gasteiger partial charge is 0.385 e. The van der Waals surface area contributed by atoms with Gasteiger partial charge in [0.25, 0.3) is 5.91 Å². The molecule has 0 fully saturated rings. The molecule has 1 amide bonds. The van der Waals surface area contributed by atoms with Gasteiger partial charge in [0.15, 0.2) is 0 Å². The maximum atomic E-state index is 12.5. The van der Waals surface area contributed by atoms with E-state index in [0.29, 0.717) is 18.0 Å². The molecule has 0 aliphatic heterocycles. The summed E-state index contributed by atoms with van der Waals surface area (Å²) < 4.78 is 5.02. The van der Waals surface area contributed by atoms with Crippen LogP contribution in [0.25, 0.3) is 0 Å². The summed E-state index contributed by atoms with van der Waals surface area (Å²) in [6, 6.07) is 11.4. The molecule has 2 rings (SSSR count). The minimum absolute atomic E-state index is 0.150. The number of carbonyl (C=O) groups excluding carboxylic acids is 1. The van der Waals surface area contributed by atoms with Crippen LogP contribution >= 0.6 is 0 Å². The highest BCUT2D eigenvalue weighted by molar-refractivity contribution is 6.04. The maximum absolute atomic E-state index is 12.5. The van der Waals surface area contributed by atoms with Gasteiger partial charge in [-0.1, -0.05) is 0 Å². The van der Waals surface area contributed by atoms with Gasteiger partial charge in [0.05, 0.1) is 0 Å². The van der Waals surface area contributed by atoms with Gasteiger partial charge in [0.1, 0.15) is 5.82 Å². The average molecular weight is 356 g/mol. The van der Waals surface area contributed by atoms with E-state index in [9.17, 15) is 4.79 Å². The predicted octanol–water partition coefficient (Wildman–Crippen LogP) is 3.63. The number of nitrogens with zero attached hydrogens (tertiary/aromatic N) is 2. The van der Waals surface area contributed by atoms with Gasteiger partial charge in [-0.25, -0.2) is 4.98 Å². The second-order valence-corrected chi connectivity index (χ2v) is 5.88. The van der Waals surface area contributed by atoms with Crippen molar-refractivity contribution in [2.75, 3.05) is 48.9 Å². The predicted molar refractivity (Wildman–Crippen MR) is 107 cm³/mol. The highest BCUT2D eigenvalue weighted by Gasteiger charge is 2.08. The third-order valence-electron chi connectivity index (χ3n) is 4.11. The lowest BCUT2D eigenvalue weighted by Crippen LogP contribution is -2.21. The van der Waals surface area contributed by atoms with Gasteiger partial charge in [0.2, 0.25) is 0 Å². The Hall–Kier alpha value is -2.60. The van der Waals surface area contributed by atoms with Gasteiger partial charge in [0, 0.05) is 56.5 Å². The van der Waals surface area contributed by atoms with Crippen molar-refractivity contribution < 1.29 is 9.53 Å². The molecular formula is C20H28N4O2. The van der Waals surface area contributed by atoms with Crippen LogP contribution in [0, 0.1) is 0 Å². The normalized spacial score (nSPS) is 10.4. The summed E-state index contributed by atoms with van der Waals surface area (Å²) in [4.78, 5) is 19.0. The van der Waals surface area contributed by atoms with Crippen molar-refractivity contribution in [1.29, 1.82) is 0 Å². The number of aromatic nitrogens is 1. The van der Waals surface area contributed by atoms with Crippen molar-refractivity contribution in [3.05, 3.63) is 48.2 Å². The van der Waals surface area contributed by atoms with Crippen LogP contribution in [0.5, 0.6) is 0 Å². The molecule has 0 saturated carbocycles. The molecule has 0 aliphatic carbocycles. The van der Waals surface area contributed by atoms with Gasteiger partial charge < -0.3 is 20.3 Å². The second-order valence-electron chi connectivity index (χ2n) is 5.88. The van der Waals surface area contributed by atoms with Crippen LogP contribution in [0.2, 0.25) is 0 Å². The lowest BCUT2D eigenvalue weighted by molar-refractivity contribution is 0.102. The Morgan fingerprint density at radius 1 is 1.15 bits per heavy atom. The van der Waals surface area contributed by atoms with Crippen molar-refractivity contribution in [2.24, 2.45) is 0 Å². The Bertz CT molecular complexity index is 684. The number of hydrogen-bond acceptors (Lipinski definition) is 5. The van der Waals surface area contributed by atoms with E-state index < -0.39 is 0 Å². The average Bonchev–Trinajstić information content (AvgIpc) is 2.68. The van der Waals surface area contributed by atoms with Crippen molar-refractivity contribution in [2.45, 2.75) is 20.3 Å². The summed E-state index contributed by atoms with van der Waals surface area (Å²) in [6.45, 7) is 7.61. The summed E-state index contributed by atoms with van der Waals surface area (Å²) in [6.07, 6.45) is 2.52. The molecule has 0 atom stereocenters. The minimum Gasteiger partial charge on any atom is -0.385 e. The van der Waals surface area contributed by atoms with Crippen molar-refractivity contribution >= 4 is 23.1 Å². The first-order chi connectivity index (χ1) is 12.7. The molecule has 0 saturated heterocycles. The Balaban J connectivity index is 1.96. The highest BCUT2D eigenvalue weighted by Crippen LogP contribution is 2.18. The van der Waals surface area contributed by atoms with E-state index >= 15 is 0 Å². The van der Waals surface area contributed by atoms with E-state index in [1.54, 1.807) is 25.4 Å². The molecule has 1 aromatic heterocycles. The zero-order valence-corrected chi connectivity index (χ0v) is 15.8. The molecular weight excluding hydrogens is 328 g/mol. The van der Waals surface area contributed by atoms with E-state index in [2.05, 4.69) is 34.4 Å². The molecule has 6 heteroatoms. The van der Waals surface area contributed by atoms with E-state index in [1.807, 2.05) is 24.3 Å². The number of carbonyl (C=O) groups is 1. The monoisotopic (exact) mass is 356 g/mol. The Labute approximate surface area is 155 Å². The Morgan fingerprint density at radius 3 is 2.54 bits per heavy atom. The molecule has 2 aromatic rings. The lowest BCUT2D eigenvalue weighted by atomic mass is 10.2. The molecule has 0 radical (unpaired) electrons. The molecule has 140 valence electrons. The summed E-state index contributed by atoms with van der Waals surface area (Å²) in [5.41, 5.74) is 2.50. The lowest BCUT2D eigenvalue weighted by Gasteiger charge is -2.21. The van der Waals surface area contributed by atoms with Crippen LogP contribution in [0.1, 0.15) is 30.6 Å². The van der Waals surface area contributed by atoms with Crippen LogP contribution in [-0.2, 0) is 4.74 Å². The van der Waals surface area contributed by atoms with Gasteiger partial charge >= 0.3 is 0 Å². The van der Waals surface area contributed by atoms with E-state index in [4.69, 9.17) is 4.74 Å². The van der Waals surface area contributed by atoms with Gasteiger partial charge in [-0.3, -0.25) is 4.79 Å². The number of benzene rings is 1. The molecule has 0 unspecified atom stereocenters. The van der Waals surface area contributed by atoms with Crippen molar-refractivity contribution in [3.8, 4) is 0 Å². The number of hydrogen-bond donors (Lipinski definition) is 2. The van der Waals surface area contributed by atoms with Gasteiger partial charge in [-0.15, -0.1) is 0 Å². The smallest absolute Gasteiger partial charge is 0.255 e. The number of anilines is 3. The Morgan fingerprint density at radius 2 is 1.88 bits per heavy atom. The molecule has 1 heterocycles. The fourth-order valence-electron chi connectivity index (χ4n) is 2.65. The molecule has 6 nitrogen and oxygen atoms in total. The molecule has 1 aromatic carbocycles. The zero-order chi connectivity index (χ0) is 18.8. The topological polar surface area (TPSA) is 66.5 Å². The first kappa shape index (κ1) is 19.7. The van der Waals surface area contributed by atoms with Gasteiger partial charge in [-0.05, 0) is 56.7 Å². The SMILES string of the molecule is CCN(CC)c1ccc(NC(=O)c2ccnc(NCCCOC)c2)cc1. The van der Waals surface area contributed by atoms with E-state index in [0.717, 1.165) is 37.4 Å². The van der Waals surface area contributed by atoms with Crippen LogP contribution in [0.15, 0.2) is 42.6 Å². The molecule has 0 spiro atoms. The molecule has 0 bridgehead atoms. The quantitative estimate of drug-likeness (QED) is 0.637. The number of ether oxygens (including phenoxy) is 1. The summed E-state index contributed by atoms with van der Waals surface area (Å²) in [7, 11) is 1.68. The highest BCUT2D eigenvalue weighted by atomic mass is 16.5. The standard InChI is InChI=1S/C20H28N4O2/c1-4-24(5-2)18-9-7-17(8-10-18)23-20(25)16-11-13-22-19(15-16)21-12-6-14-26-3/h7-11,13,15H,4-6,12,14H2,1-3H3,(H,21,22)(H,23,25). The fourth-order valence-corrected chi connectivity index (χ4v) is 2.65. The number of rotatable bonds is 10. The van der Waals surface area contributed by atoms with Crippen LogP contribution in [0.3, 0.4) is 0 Å². The first-order valence-corrected chi connectivity index (χ1v) is 9.03. The van der Waals surface area contributed by atoms with Crippen molar-refractivity contribution in [3.63, 3.8) is 0 Å². The summed E-state index contributed by atoms with van der Waals surface area (Å²) >= 11 is 0. The summed E-state index contributed by atoms with van der Waals surface area (Å²) in [5, 5.41) is 6.13. The number of amides is 1. The van der Waals surface area contributed by atoms with E-state index in [1.165, 1.54) is 0 Å². The third-order valence-corrected chi connectivity index (χ3v) is 4.11. The first-order valence-electron chi connectivity index (χ1n) is 9.03. The van der Waals surface area contributed by atoms with Gasteiger partial charge in [-0.2, -0.15) is 0 Å². The molecule has 2 N–H and O–H groups in total. The third kappa shape index (κ3) is 5.74. The molecule has 0 aliphatic rings. The fraction of sp³-hybridized carbons (Fsp3) is 0.400. The van der Waals surface area contributed by atoms with Crippen LogP contribution in [-0.4, -0.2) is 44.2 Å². The van der Waals surface area contributed by atoms with Crippen LogP contribution < -0.4 is 15.5 Å². The number of nitrogens with one attached hydrogen (secondary N) is 2.